The zero-order chi connectivity index (χ0) is 10.9. The molecule has 0 amide bonds. The van der Waals surface area contributed by atoms with Gasteiger partial charge in [0.25, 0.3) is 0 Å². The van der Waals surface area contributed by atoms with Gasteiger partial charge in [0.1, 0.15) is 0 Å². The number of halogens is 1. The fourth-order valence-electron chi connectivity index (χ4n) is 1.54. The molecule has 0 radical (unpaired) electrons. The molecule has 2 rings (SSSR count). The standard InChI is InChI=1S/C11H15BrN2S/c1-15-11(4-5-11)7-14-10-3-2-8(12)6-9(10)13/h2-3,6,14H,4-5,7,13H2,1H3. The van der Waals surface area contributed by atoms with Crippen molar-refractivity contribution in [2.75, 3.05) is 23.9 Å². The van der Waals surface area contributed by atoms with E-state index in [4.69, 9.17) is 5.73 Å². The molecule has 0 atom stereocenters. The van der Waals surface area contributed by atoms with E-state index in [1.54, 1.807) is 0 Å². The van der Waals surface area contributed by atoms with Crippen molar-refractivity contribution >= 4 is 39.1 Å². The minimum absolute atomic E-state index is 0.472. The molecule has 15 heavy (non-hydrogen) atoms. The Hall–Kier alpha value is -0.350. The molecule has 0 aliphatic heterocycles. The van der Waals surface area contributed by atoms with Crippen LogP contribution in [0.2, 0.25) is 0 Å². The van der Waals surface area contributed by atoms with E-state index in [1.807, 2.05) is 30.0 Å². The number of nitrogens with one attached hydrogen (secondary N) is 1. The van der Waals surface area contributed by atoms with Gasteiger partial charge in [0.05, 0.1) is 11.4 Å². The fraction of sp³-hybridized carbons (Fsp3) is 0.455. The normalized spacial score (nSPS) is 17.5. The van der Waals surface area contributed by atoms with Gasteiger partial charge in [-0.15, -0.1) is 0 Å². The molecular formula is C11H15BrN2S. The van der Waals surface area contributed by atoms with Gasteiger partial charge in [0.2, 0.25) is 0 Å². The van der Waals surface area contributed by atoms with Crippen LogP contribution < -0.4 is 11.1 Å². The van der Waals surface area contributed by atoms with Crippen molar-refractivity contribution in [1.82, 2.24) is 0 Å². The van der Waals surface area contributed by atoms with Crippen LogP contribution in [-0.4, -0.2) is 17.5 Å². The Kier molecular flexibility index (Phi) is 3.16. The average molecular weight is 287 g/mol. The number of nitrogens with two attached hydrogens (primary N) is 1. The van der Waals surface area contributed by atoms with Crippen molar-refractivity contribution in [3.63, 3.8) is 0 Å². The summed E-state index contributed by atoms with van der Waals surface area (Å²) in [6.07, 6.45) is 4.81. The maximum absolute atomic E-state index is 5.91. The largest absolute Gasteiger partial charge is 0.397 e. The van der Waals surface area contributed by atoms with Crippen LogP contribution in [0.3, 0.4) is 0 Å². The summed E-state index contributed by atoms with van der Waals surface area (Å²) in [5.74, 6) is 0. The number of anilines is 2. The summed E-state index contributed by atoms with van der Waals surface area (Å²) in [4.78, 5) is 0. The quantitative estimate of drug-likeness (QED) is 0.834. The van der Waals surface area contributed by atoms with Crippen molar-refractivity contribution < 1.29 is 0 Å². The maximum atomic E-state index is 5.91. The molecule has 0 aromatic heterocycles. The second kappa shape index (κ2) is 4.26. The monoisotopic (exact) mass is 286 g/mol. The van der Waals surface area contributed by atoms with Crippen molar-refractivity contribution in [2.24, 2.45) is 0 Å². The SMILES string of the molecule is CSC1(CNc2ccc(Br)cc2N)CC1. The third-order valence-corrected chi connectivity index (χ3v) is 4.77. The number of hydrogen-bond acceptors (Lipinski definition) is 3. The Labute approximate surface area is 103 Å². The van der Waals surface area contributed by atoms with E-state index in [2.05, 4.69) is 27.5 Å². The lowest BCUT2D eigenvalue weighted by atomic mass is 10.2. The van der Waals surface area contributed by atoms with E-state index < -0.39 is 0 Å². The second-order valence-corrected chi connectivity index (χ2v) is 6.16. The Morgan fingerprint density at radius 2 is 2.27 bits per heavy atom. The second-order valence-electron chi connectivity index (χ2n) is 3.97. The Bertz CT molecular complexity index is 364. The average Bonchev–Trinajstić information content (AvgIpc) is 2.97. The molecule has 0 saturated heterocycles. The smallest absolute Gasteiger partial charge is 0.0575 e. The van der Waals surface area contributed by atoms with Crippen LogP contribution in [-0.2, 0) is 0 Å². The van der Waals surface area contributed by atoms with Crippen molar-refractivity contribution in [3.8, 4) is 0 Å². The Balaban J connectivity index is 1.99. The van der Waals surface area contributed by atoms with Gasteiger partial charge in [-0.1, -0.05) is 15.9 Å². The predicted octanol–water partition coefficient (Wildman–Crippen LogP) is 3.34. The highest BCUT2D eigenvalue weighted by Gasteiger charge is 2.41. The summed E-state index contributed by atoms with van der Waals surface area (Å²) < 4.78 is 1.50. The summed E-state index contributed by atoms with van der Waals surface area (Å²) in [6.45, 7) is 1.01. The molecule has 1 saturated carbocycles. The first-order chi connectivity index (χ1) is 7.15. The number of nitrogen functional groups attached to an aromatic ring is 1. The van der Waals surface area contributed by atoms with Crippen LogP contribution in [0.1, 0.15) is 12.8 Å². The fourth-order valence-corrected chi connectivity index (χ4v) is 2.65. The van der Waals surface area contributed by atoms with Crippen molar-refractivity contribution in [2.45, 2.75) is 17.6 Å². The number of hydrogen-bond donors (Lipinski definition) is 2. The van der Waals surface area contributed by atoms with Crippen LogP contribution >= 0.6 is 27.7 Å². The molecule has 1 aromatic rings. The van der Waals surface area contributed by atoms with E-state index in [9.17, 15) is 0 Å². The summed E-state index contributed by atoms with van der Waals surface area (Å²) in [5.41, 5.74) is 7.76. The molecule has 0 unspecified atom stereocenters. The lowest BCUT2D eigenvalue weighted by Crippen LogP contribution is -2.17. The number of thioether (sulfide) groups is 1. The van der Waals surface area contributed by atoms with Crippen LogP contribution in [0, 0.1) is 0 Å². The van der Waals surface area contributed by atoms with Gasteiger partial charge < -0.3 is 11.1 Å². The third kappa shape index (κ3) is 2.61. The van der Waals surface area contributed by atoms with Crippen LogP contribution in [0.25, 0.3) is 0 Å². The molecular weight excluding hydrogens is 272 g/mol. The van der Waals surface area contributed by atoms with Gasteiger partial charge in [-0.05, 0) is 37.3 Å². The van der Waals surface area contributed by atoms with E-state index in [1.165, 1.54) is 12.8 Å². The molecule has 2 nitrogen and oxygen atoms in total. The van der Waals surface area contributed by atoms with Crippen molar-refractivity contribution in [3.05, 3.63) is 22.7 Å². The molecule has 0 heterocycles. The molecule has 3 N–H and O–H groups in total. The highest BCUT2D eigenvalue weighted by atomic mass is 79.9. The summed E-state index contributed by atoms with van der Waals surface area (Å²) in [5, 5.41) is 3.43. The molecule has 4 heteroatoms. The lowest BCUT2D eigenvalue weighted by molar-refractivity contribution is 0.950. The van der Waals surface area contributed by atoms with Gasteiger partial charge in [0, 0.05) is 15.8 Å². The molecule has 1 aliphatic carbocycles. The van der Waals surface area contributed by atoms with Gasteiger partial charge in [-0.25, -0.2) is 0 Å². The third-order valence-electron chi connectivity index (χ3n) is 2.86. The zero-order valence-corrected chi connectivity index (χ0v) is 11.1. The van der Waals surface area contributed by atoms with Crippen LogP contribution in [0.15, 0.2) is 22.7 Å². The summed E-state index contributed by atoms with van der Waals surface area (Å²) >= 11 is 5.35. The minimum Gasteiger partial charge on any atom is -0.397 e. The zero-order valence-electron chi connectivity index (χ0n) is 8.72. The predicted molar refractivity (Wildman–Crippen MR) is 72.5 cm³/mol. The first-order valence-electron chi connectivity index (χ1n) is 4.99. The van der Waals surface area contributed by atoms with Gasteiger partial charge in [-0.2, -0.15) is 11.8 Å². The highest BCUT2D eigenvalue weighted by molar-refractivity contribution is 9.10. The topological polar surface area (TPSA) is 38.0 Å². The van der Waals surface area contributed by atoms with Crippen LogP contribution in [0.5, 0.6) is 0 Å². The van der Waals surface area contributed by atoms with Gasteiger partial charge in [-0.3, -0.25) is 0 Å². The first kappa shape index (κ1) is 11.1. The molecule has 1 fully saturated rings. The number of benzene rings is 1. The molecule has 82 valence electrons. The maximum Gasteiger partial charge on any atom is 0.0575 e. The number of rotatable bonds is 4. The molecule has 1 aliphatic rings. The Morgan fingerprint density at radius 3 is 2.80 bits per heavy atom. The molecule has 0 spiro atoms. The summed E-state index contributed by atoms with van der Waals surface area (Å²) in [7, 11) is 0. The van der Waals surface area contributed by atoms with Crippen molar-refractivity contribution in [1.29, 1.82) is 0 Å². The van der Waals surface area contributed by atoms with E-state index in [0.717, 1.165) is 22.4 Å². The van der Waals surface area contributed by atoms with Gasteiger partial charge >= 0.3 is 0 Å². The molecule has 1 aromatic carbocycles. The van der Waals surface area contributed by atoms with Gasteiger partial charge in [0.15, 0.2) is 0 Å². The van der Waals surface area contributed by atoms with Crippen LogP contribution in [0.4, 0.5) is 11.4 Å². The van der Waals surface area contributed by atoms with E-state index in [-0.39, 0.29) is 0 Å². The van der Waals surface area contributed by atoms with E-state index in [0.29, 0.717) is 4.75 Å². The first-order valence-corrected chi connectivity index (χ1v) is 7.01. The lowest BCUT2D eigenvalue weighted by Gasteiger charge is -2.15. The Morgan fingerprint density at radius 1 is 1.53 bits per heavy atom. The summed E-state index contributed by atoms with van der Waals surface area (Å²) in [6, 6.07) is 5.97. The molecule has 0 bridgehead atoms. The minimum atomic E-state index is 0.472. The van der Waals surface area contributed by atoms with E-state index >= 15 is 0 Å². The highest BCUT2D eigenvalue weighted by Crippen LogP contribution is 2.47.